The predicted octanol–water partition coefficient (Wildman–Crippen LogP) is -2.46. The van der Waals surface area contributed by atoms with Crippen LogP contribution in [0, 0.1) is 0 Å². The zero-order valence-electron chi connectivity index (χ0n) is 14.9. The first-order valence-electron chi connectivity index (χ1n) is 6.90. The van der Waals surface area contributed by atoms with Crippen LogP contribution in [0.4, 0.5) is 0 Å². The fourth-order valence-electron chi connectivity index (χ4n) is 2.46. The van der Waals surface area contributed by atoms with Gasteiger partial charge in [-0.1, -0.05) is 0 Å². The molecule has 0 saturated heterocycles. The van der Waals surface area contributed by atoms with Crippen LogP contribution < -0.4 is 22.9 Å². The quantitative estimate of drug-likeness (QED) is 0.204. The number of hydrogen-bond donors (Lipinski definition) is 4. The maximum atomic E-state index is 4.00. The van der Waals surface area contributed by atoms with Crippen LogP contribution in [0.3, 0.4) is 0 Å². The van der Waals surface area contributed by atoms with Gasteiger partial charge in [0.15, 0.2) is 0 Å². The SMILES string of the molecule is [Mo].[Mo].[NH3+]C1CCC([NH3+])CC1.[NH3+]C1CCC([NH3+])CC1.[S-2].[S-2].[S-2].[S-2].[S-2].[S-2].[S-2].[S-2]. The van der Waals surface area contributed by atoms with Crippen LogP contribution in [0.15, 0.2) is 0 Å². The molecule has 4 nitrogen and oxygen atoms in total. The van der Waals surface area contributed by atoms with E-state index < -0.39 is 0 Å². The third-order valence-corrected chi connectivity index (χ3v) is 3.93. The minimum atomic E-state index is 0. The zero-order valence-corrected chi connectivity index (χ0v) is 25.4. The molecule has 172 valence electrons. The normalized spacial score (nSPS) is 24.5. The molecule has 0 radical (unpaired) electrons. The topological polar surface area (TPSA) is 111 Å². The number of quaternary nitrogens is 4. The van der Waals surface area contributed by atoms with Crippen molar-refractivity contribution in [2.45, 2.75) is 75.5 Å². The molecule has 0 bridgehead atoms. The van der Waals surface area contributed by atoms with E-state index in [-0.39, 0.29) is 150 Å². The van der Waals surface area contributed by atoms with E-state index in [0.717, 1.165) is 24.2 Å². The summed E-state index contributed by atoms with van der Waals surface area (Å²) in [4.78, 5) is 0. The van der Waals surface area contributed by atoms with Gasteiger partial charge in [0.05, 0.1) is 24.2 Å². The Bertz CT molecular complexity index is 162. The maximum Gasteiger partial charge on any atom is 0.0848 e. The minimum Gasteiger partial charge on any atom is -2.00 e. The molecule has 0 aromatic heterocycles. The Morgan fingerprint density at radius 3 is 0.462 bits per heavy atom. The van der Waals surface area contributed by atoms with Crippen molar-refractivity contribution in [2.24, 2.45) is 0 Å². The summed E-state index contributed by atoms with van der Waals surface area (Å²) in [6, 6.07) is 2.92. The Labute approximate surface area is 245 Å². The van der Waals surface area contributed by atoms with Crippen molar-refractivity contribution in [3.63, 3.8) is 0 Å². The Morgan fingerprint density at radius 1 is 0.308 bits per heavy atom. The molecule has 2 aliphatic rings. The van der Waals surface area contributed by atoms with Crippen molar-refractivity contribution in [2.75, 3.05) is 0 Å². The second-order valence-electron chi connectivity index (χ2n) is 5.77. The maximum absolute atomic E-state index is 4.00. The van der Waals surface area contributed by atoms with E-state index in [1.165, 1.54) is 51.4 Å². The summed E-state index contributed by atoms with van der Waals surface area (Å²) in [7, 11) is 0. The van der Waals surface area contributed by atoms with Crippen molar-refractivity contribution >= 4 is 108 Å². The van der Waals surface area contributed by atoms with E-state index in [2.05, 4.69) is 22.9 Å². The smallest absolute Gasteiger partial charge is 0.0848 e. The summed E-state index contributed by atoms with van der Waals surface area (Å²) in [5.41, 5.74) is 16.0. The molecule has 0 aromatic carbocycles. The molecular formula is C12H32Mo2N4S8-12. The molecule has 0 heterocycles. The molecule has 2 aliphatic carbocycles. The van der Waals surface area contributed by atoms with Gasteiger partial charge in [-0.2, -0.15) is 0 Å². The summed E-state index contributed by atoms with van der Waals surface area (Å²) in [6.07, 6.45) is 10.4. The van der Waals surface area contributed by atoms with Crippen molar-refractivity contribution in [1.82, 2.24) is 0 Å². The molecule has 2 fully saturated rings. The largest absolute Gasteiger partial charge is 2.00 e. The van der Waals surface area contributed by atoms with Crippen LogP contribution in [0.25, 0.3) is 0 Å². The molecule has 0 aliphatic heterocycles. The molecule has 2 rings (SSSR count). The van der Waals surface area contributed by atoms with Crippen LogP contribution >= 0.6 is 0 Å². The standard InChI is InChI=1S/2C6H14N2.2Mo.8S/c2*7-5-1-2-6(8)4-3-5;;;;;;;;;;/h2*5-6H,1-4,7-8H2;;;;;;;;;;/q;;;;8*-2/p+4. The number of rotatable bonds is 0. The van der Waals surface area contributed by atoms with Crippen LogP contribution in [-0.2, 0) is 150 Å². The number of hydrogen-bond acceptors (Lipinski definition) is 0. The van der Waals surface area contributed by atoms with Crippen molar-refractivity contribution in [3.8, 4) is 0 Å². The van der Waals surface area contributed by atoms with Gasteiger partial charge in [0.1, 0.15) is 0 Å². The van der Waals surface area contributed by atoms with Gasteiger partial charge in [0.25, 0.3) is 0 Å². The first kappa shape index (κ1) is 63.1. The first-order chi connectivity index (χ1) is 7.58. The Balaban J connectivity index is -0.0000000178. The van der Waals surface area contributed by atoms with Gasteiger partial charge in [0.2, 0.25) is 0 Å². The van der Waals surface area contributed by atoms with E-state index in [1.807, 2.05) is 0 Å². The average Bonchev–Trinajstić information content (AvgIpc) is 2.28. The second kappa shape index (κ2) is 39.5. The minimum absolute atomic E-state index is 0. The van der Waals surface area contributed by atoms with Gasteiger partial charge in [-0.05, 0) is 0 Å². The molecule has 0 spiro atoms. The van der Waals surface area contributed by atoms with E-state index in [9.17, 15) is 0 Å². The molecule has 12 N–H and O–H groups in total. The summed E-state index contributed by atoms with van der Waals surface area (Å²) in [6.45, 7) is 0. The fraction of sp³-hybridized carbons (Fsp3) is 1.00. The Morgan fingerprint density at radius 2 is 0.385 bits per heavy atom. The molecule has 14 heteroatoms. The van der Waals surface area contributed by atoms with Crippen molar-refractivity contribution < 1.29 is 65.1 Å². The Hall–Kier alpha value is 4.02. The van der Waals surface area contributed by atoms with Gasteiger partial charge in [0, 0.05) is 93.5 Å². The van der Waals surface area contributed by atoms with E-state index in [0.29, 0.717) is 0 Å². The van der Waals surface area contributed by atoms with Crippen LogP contribution in [0.2, 0.25) is 0 Å². The van der Waals surface area contributed by atoms with E-state index >= 15 is 0 Å². The Kier molecular flexibility index (Phi) is 95.8. The monoisotopic (exact) mass is 684 g/mol. The molecule has 0 unspecified atom stereocenters. The zero-order chi connectivity index (χ0) is 12.0. The predicted molar refractivity (Wildman–Crippen MR) is 123 cm³/mol. The van der Waals surface area contributed by atoms with Crippen LogP contribution in [-0.4, -0.2) is 24.2 Å². The molecule has 2 saturated carbocycles. The summed E-state index contributed by atoms with van der Waals surface area (Å²) in [5.74, 6) is 0. The van der Waals surface area contributed by atoms with E-state index in [1.54, 1.807) is 0 Å². The van der Waals surface area contributed by atoms with Crippen LogP contribution in [0.5, 0.6) is 0 Å². The summed E-state index contributed by atoms with van der Waals surface area (Å²) >= 11 is 0. The van der Waals surface area contributed by atoms with Gasteiger partial charge < -0.3 is 131 Å². The molecule has 0 amide bonds. The van der Waals surface area contributed by atoms with Gasteiger partial charge in [-0.15, -0.1) is 0 Å². The van der Waals surface area contributed by atoms with Crippen LogP contribution in [0.1, 0.15) is 51.4 Å². The molecule has 0 atom stereocenters. The van der Waals surface area contributed by atoms with Gasteiger partial charge in [-0.3, -0.25) is 0 Å². The van der Waals surface area contributed by atoms with Gasteiger partial charge >= 0.3 is 0 Å². The van der Waals surface area contributed by atoms with Crippen molar-refractivity contribution in [1.29, 1.82) is 0 Å². The summed E-state index contributed by atoms with van der Waals surface area (Å²) < 4.78 is 0. The van der Waals surface area contributed by atoms with Gasteiger partial charge in [-0.25, -0.2) is 0 Å². The van der Waals surface area contributed by atoms with Crippen molar-refractivity contribution in [3.05, 3.63) is 0 Å². The first-order valence-corrected chi connectivity index (χ1v) is 6.90. The second-order valence-corrected chi connectivity index (χ2v) is 5.77. The van der Waals surface area contributed by atoms with E-state index in [4.69, 9.17) is 0 Å². The molecule has 26 heavy (non-hydrogen) atoms. The third-order valence-electron chi connectivity index (χ3n) is 3.93. The molecule has 0 aromatic rings. The molecular weight excluding hydrogens is 649 g/mol. The third kappa shape index (κ3) is 35.5. The fourth-order valence-corrected chi connectivity index (χ4v) is 2.46. The average molecular weight is 681 g/mol. The summed E-state index contributed by atoms with van der Waals surface area (Å²) in [5, 5.41) is 0.